The summed E-state index contributed by atoms with van der Waals surface area (Å²) in [4.78, 5) is 0. The first kappa shape index (κ1) is 20.2. The molecular weight excluding hydrogens is 332 g/mol. The Labute approximate surface area is 168 Å². The fourth-order valence-corrected chi connectivity index (χ4v) is 6.77. The van der Waals surface area contributed by atoms with Crippen LogP contribution < -0.4 is 0 Å². The number of fused-ring (bicyclic) bond motifs is 1. The maximum Gasteiger partial charge on any atom is 0.147 e. The zero-order valence-corrected chi connectivity index (χ0v) is 17.7. The minimum Gasteiger partial charge on any atom is -0.352 e. The van der Waals surface area contributed by atoms with Crippen LogP contribution in [-0.2, 0) is 9.47 Å². The lowest BCUT2D eigenvalue weighted by molar-refractivity contribution is -0.140. The van der Waals surface area contributed by atoms with E-state index in [0.717, 1.165) is 23.7 Å². The lowest BCUT2D eigenvalue weighted by atomic mass is 9.65. The second kappa shape index (κ2) is 10.6. The molecule has 0 aromatic heterocycles. The van der Waals surface area contributed by atoms with Gasteiger partial charge in [-0.3, -0.25) is 0 Å². The summed E-state index contributed by atoms with van der Waals surface area (Å²) in [6.07, 6.45) is 26.7. The quantitative estimate of drug-likeness (QED) is 0.435. The van der Waals surface area contributed by atoms with Gasteiger partial charge in [0.05, 0.1) is 12.2 Å². The largest absolute Gasteiger partial charge is 0.352 e. The van der Waals surface area contributed by atoms with Crippen molar-refractivity contribution in [2.24, 2.45) is 23.7 Å². The summed E-state index contributed by atoms with van der Waals surface area (Å²) < 4.78 is 12.2. The van der Waals surface area contributed by atoms with Gasteiger partial charge in [0.1, 0.15) is 6.79 Å². The molecule has 0 heterocycles. The summed E-state index contributed by atoms with van der Waals surface area (Å²) in [6.45, 7) is 0.552. The maximum absolute atomic E-state index is 6.17. The average Bonchev–Trinajstić information content (AvgIpc) is 2.74. The van der Waals surface area contributed by atoms with E-state index in [2.05, 4.69) is 0 Å². The van der Waals surface area contributed by atoms with Crippen molar-refractivity contribution in [3.05, 3.63) is 0 Å². The molecule has 156 valence electrons. The molecule has 4 rings (SSSR count). The second-order valence-electron chi connectivity index (χ2n) is 10.4. The Hall–Kier alpha value is -0.0800. The highest BCUT2D eigenvalue weighted by Crippen LogP contribution is 2.45. The van der Waals surface area contributed by atoms with E-state index in [9.17, 15) is 0 Å². The molecule has 4 unspecified atom stereocenters. The summed E-state index contributed by atoms with van der Waals surface area (Å²) >= 11 is 0. The highest BCUT2D eigenvalue weighted by atomic mass is 16.7. The third-order valence-electron chi connectivity index (χ3n) is 8.54. The Bertz CT molecular complexity index is 411. The van der Waals surface area contributed by atoms with E-state index in [1.165, 1.54) is 116 Å². The average molecular weight is 377 g/mol. The first-order chi connectivity index (χ1) is 13.4. The molecule has 2 nitrogen and oxygen atoms in total. The predicted molar refractivity (Wildman–Crippen MR) is 112 cm³/mol. The number of ether oxygens (including phenoxy) is 2. The second-order valence-corrected chi connectivity index (χ2v) is 10.4. The molecule has 4 aliphatic rings. The van der Waals surface area contributed by atoms with Crippen molar-refractivity contribution >= 4 is 0 Å². The van der Waals surface area contributed by atoms with Gasteiger partial charge in [0.25, 0.3) is 0 Å². The van der Waals surface area contributed by atoms with Gasteiger partial charge in [-0.25, -0.2) is 0 Å². The first-order valence-corrected chi connectivity index (χ1v) is 12.6. The zero-order valence-electron chi connectivity index (χ0n) is 17.7. The predicted octanol–water partition coefficient (Wildman–Crippen LogP) is 7.26. The highest BCUT2D eigenvalue weighted by Gasteiger charge is 2.36. The minimum atomic E-state index is 0.480. The SMILES string of the molecule is C1CCC(CCC2CCC3CC(OCOC4CCCCC4)CCC3C2)CC1. The fourth-order valence-electron chi connectivity index (χ4n) is 6.77. The molecule has 0 amide bonds. The van der Waals surface area contributed by atoms with Crippen LogP contribution in [-0.4, -0.2) is 19.0 Å². The summed E-state index contributed by atoms with van der Waals surface area (Å²) in [6, 6.07) is 0. The number of hydrogen-bond donors (Lipinski definition) is 0. The first-order valence-electron chi connectivity index (χ1n) is 12.6. The molecule has 4 atom stereocenters. The molecular formula is C25H44O2. The van der Waals surface area contributed by atoms with Crippen LogP contribution in [0.4, 0.5) is 0 Å². The molecule has 27 heavy (non-hydrogen) atoms. The Morgan fingerprint density at radius 2 is 1.11 bits per heavy atom. The minimum absolute atomic E-state index is 0.480. The van der Waals surface area contributed by atoms with Gasteiger partial charge in [-0.1, -0.05) is 70.6 Å². The van der Waals surface area contributed by atoms with Crippen molar-refractivity contribution in [3.63, 3.8) is 0 Å². The Morgan fingerprint density at radius 1 is 0.481 bits per heavy atom. The summed E-state index contributed by atoms with van der Waals surface area (Å²) in [5, 5.41) is 0. The molecule has 0 radical (unpaired) electrons. The standard InChI is InChI=1S/C25H44O2/c1-3-7-20(8-4-1)11-12-21-13-14-23-18-25(16-15-22(23)17-21)27-19-26-24-9-5-2-6-10-24/h20-25H,1-19H2. The monoisotopic (exact) mass is 376 g/mol. The van der Waals surface area contributed by atoms with Gasteiger partial charge in [-0.15, -0.1) is 0 Å². The molecule has 0 aromatic rings. The van der Waals surface area contributed by atoms with Gasteiger partial charge >= 0.3 is 0 Å². The van der Waals surface area contributed by atoms with Crippen molar-refractivity contribution in [1.82, 2.24) is 0 Å². The fraction of sp³-hybridized carbons (Fsp3) is 1.00. The van der Waals surface area contributed by atoms with Crippen LogP contribution >= 0.6 is 0 Å². The van der Waals surface area contributed by atoms with E-state index in [-0.39, 0.29) is 0 Å². The number of rotatable bonds is 7. The van der Waals surface area contributed by atoms with Gasteiger partial charge in [-0.2, -0.15) is 0 Å². The molecule has 0 aliphatic heterocycles. The molecule has 4 saturated carbocycles. The Morgan fingerprint density at radius 3 is 1.93 bits per heavy atom. The van der Waals surface area contributed by atoms with Gasteiger partial charge < -0.3 is 9.47 Å². The van der Waals surface area contributed by atoms with Crippen molar-refractivity contribution in [3.8, 4) is 0 Å². The van der Waals surface area contributed by atoms with Crippen LogP contribution in [0, 0.1) is 23.7 Å². The maximum atomic E-state index is 6.17. The van der Waals surface area contributed by atoms with Gasteiger partial charge in [0, 0.05) is 0 Å². The molecule has 2 heteroatoms. The normalized spacial score (nSPS) is 36.4. The van der Waals surface area contributed by atoms with Crippen molar-refractivity contribution in [2.45, 2.75) is 128 Å². The molecule has 4 fully saturated rings. The third-order valence-corrected chi connectivity index (χ3v) is 8.54. The van der Waals surface area contributed by atoms with Crippen molar-refractivity contribution in [1.29, 1.82) is 0 Å². The van der Waals surface area contributed by atoms with Gasteiger partial charge in [0.2, 0.25) is 0 Å². The van der Waals surface area contributed by atoms with E-state index in [4.69, 9.17) is 9.47 Å². The zero-order chi connectivity index (χ0) is 18.3. The van der Waals surface area contributed by atoms with E-state index < -0.39 is 0 Å². The molecule has 0 N–H and O–H groups in total. The molecule has 0 saturated heterocycles. The van der Waals surface area contributed by atoms with E-state index in [0.29, 0.717) is 19.0 Å². The van der Waals surface area contributed by atoms with E-state index in [1.807, 2.05) is 0 Å². The Kier molecular flexibility index (Phi) is 7.95. The van der Waals surface area contributed by atoms with Crippen LogP contribution in [0.25, 0.3) is 0 Å². The summed E-state index contributed by atoms with van der Waals surface area (Å²) in [7, 11) is 0. The van der Waals surface area contributed by atoms with Crippen LogP contribution in [0.1, 0.15) is 116 Å². The van der Waals surface area contributed by atoms with E-state index in [1.54, 1.807) is 0 Å². The highest BCUT2D eigenvalue weighted by molar-refractivity contribution is 4.87. The molecule has 0 aromatic carbocycles. The van der Waals surface area contributed by atoms with Crippen molar-refractivity contribution < 1.29 is 9.47 Å². The topological polar surface area (TPSA) is 18.5 Å². The summed E-state index contributed by atoms with van der Waals surface area (Å²) in [5.74, 6) is 4.07. The van der Waals surface area contributed by atoms with E-state index >= 15 is 0 Å². The lowest BCUT2D eigenvalue weighted by Gasteiger charge is -2.42. The van der Waals surface area contributed by atoms with Gasteiger partial charge in [0.15, 0.2) is 0 Å². The van der Waals surface area contributed by atoms with Crippen LogP contribution in [0.3, 0.4) is 0 Å². The number of hydrogen-bond acceptors (Lipinski definition) is 2. The lowest BCUT2D eigenvalue weighted by Crippen LogP contribution is -2.35. The smallest absolute Gasteiger partial charge is 0.147 e. The third kappa shape index (κ3) is 6.20. The van der Waals surface area contributed by atoms with Crippen LogP contribution in [0.5, 0.6) is 0 Å². The molecule has 4 aliphatic carbocycles. The summed E-state index contributed by atoms with van der Waals surface area (Å²) in [5.41, 5.74) is 0. The Balaban J connectivity index is 1.11. The van der Waals surface area contributed by atoms with Gasteiger partial charge in [-0.05, 0) is 68.6 Å². The molecule has 0 spiro atoms. The van der Waals surface area contributed by atoms with Crippen LogP contribution in [0.15, 0.2) is 0 Å². The van der Waals surface area contributed by atoms with Crippen molar-refractivity contribution in [2.75, 3.05) is 6.79 Å². The molecule has 0 bridgehead atoms. The van der Waals surface area contributed by atoms with Crippen LogP contribution in [0.2, 0.25) is 0 Å².